The monoisotopic (exact) mass is 434 g/mol. The van der Waals surface area contributed by atoms with E-state index in [0.717, 1.165) is 12.1 Å². The lowest BCUT2D eigenvalue weighted by atomic mass is 9.95. The van der Waals surface area contributed by atoms with Crippen LogP contribution in [0.2, 0.25) is 0 Å². The molecule has 162 valence electrons. The van der Waals surface area contributed by atoms with Crippen LogP contribution >= 0.6 is 0 Å². The van der Waals surface area contributed by atoms with Crippen LogP contribution in [0.1, 0.15) is 22.9 Å². The average molecular weight is 434 g/mol. The van der Waals surface area contributed by atoms with Crippen molar-refractivity contribution in [3.05, 3.63) is 95.5 Å². The highest BCUT2D eigenvalue weighted by Gasteiger charge is 2.48. The average Bonchev–Trinajstić information content (AvgIpc) is 3.33. The van der Waals surface area contributed by atoms with Gasteiger partial charge in [-0.25, -0.2) is 4.39 Å². The van der Waals surface area contributed by atoms with Crippen molar-refractivity contribution in [1.29, 1.82) is 0 Å². The zero-order chi connectivity index (χ0) is 22.8. The van der Waals surface area contributed by atoms with E-state index in [2.05, 4.69) is 11.7 Å². The number of hydrogen-bond donors (Lipinski definition) is 1. The van der Waals surface area contributed by atoms with Gasteiger partial charge in [0, 0.05) is 11.6 Å². The van der Waals surface area contributed by atoms with E-state index < -0.39 is 29.3 Å². The molecule has 8 heteroatoms. The number of halogens is 1. The molecule has 0 radical (unpaired) electrons. The Morgan fingerprint density at radius 3 is 2.50 bits per heavy atom. The molecule has 1 N–H and O–H groups in total. The van der Waals surface area contributed by atoms with E-state index in [4.69, 9.17) is 9.26 Å². The first-order valence-corrected chi connectivity index (χ1v) is 9.74. The zero-order valence-electron chi connectivity index (χ0n) is 17.1. The molecule has 0 bridgehead atoms. The molecule has 0 spiro atoms. The number of aliphatic hydroxyl groups is 1. The Hall–Kier alpha value is -4.20. The summed E-state index contributed by atoms with van der Waals surface area (Å²) in [5.74, 6) is -1.49. The topological polar surface area (TPSA) is 92.9 Å². The molecule has 32 heavy (non-hydrogen) atoms. The van der Waals surface area contributed by atoms with Gasteiger partial charge in [-0.1, -0.05) is 29.9 Å². The number of ketones is 1. The largest absolute Gasteiger partial charge is 0.507 e. The highest BCUT2D eigenvalue weighted by molar-refractivity contribution is 6.51. The van der Waals surface area contributed by atoms with Crippen molar-refractivity contribution in [3.63, 3.8) is 0 Å². The Labute approximate surface area is 183 Å². The molecule has 2 heterocycles. The third-order valence-electron chi connectivity index (χ3n) is 4.99. The van der Waals surface area contributed by atoms with Crippen molar-refractivity contribution < 1.29 is 28.3 Å². The molecule has 1 fully saturated rings. The number of carbonyl (C=O) groups is 2. The van der Waals surface area contributed by atoms with Crippen molar-refractivity contribution in [1.82, 2.24) is 5.16 Å². The number of aliphatic hydroxyl groups excluding tert-OH is 1. The molecule has 1 aliphatic rings. The second-order valence-corrected chi connectivity index (χ2v) is 7.14. The number of amides is 1. The molecule has 1 atom stereocenters. The number of benzene rings is 2. The quantitative estimate of drug-likeness (QED) is 0.269. The SMILES string of the molecule is C=CCOc1ccc(C2/C(=C(/O)c3ccc(F)cc3)C(=O)C(=O)N2c2cc(C)on2)cc1. The number of aryl methyl sites for hydroxylation is 1. The lowest BCUT2D eigenvalue weighted by Gasteiger charge is -2.23. The number of aromatic nitrogens is 1. The third-order valence-corrected chi connectivity index (χ3v) is 4.99. The number of nitrogens with zero attached hydrogens (tertiary/aromatic N) is 2. The van der Waals surface area contributed by atoms with Crippen molar-refractivity contribution >= 4 is 23.3 Å². The molecule has 1 amide bonds. The summed E-state index contributed by atoms with van der Waals surface area (Å²) in [5.41, 5.74) is 0.609. The minimum Gasteiger partial charge on any atom is -0.507 e. The summed E-state index contributed by atoms with van der Waals surface area (Å²) in [6.07, 6.45) is 1.61. The molecule has 1 aromatic heterocycles. The van der Waals surface area contributed by atoms with Crippen LogP contribution in [0.5, 0.6) is 5.75 Å². The summed E-state index contributed by atoms with van der Waals surface area (Å²) in [4.78, 5) is 27.1. The van der Waals surface area contributed by atoms with Gasteiger partial charge in [-0.15, -0.1) is 0 Å². The van der Waals surface area contributed by atoms with Crippen LogP contribution in [0.3, 0.4) is 0 Å². The molecule has 7 nitrogen and oxygen atoms in total. The summed E-state index contributed by atoms with van der Waals surface area (Å²) >= 11 is 0. The van der Waals surface area contributed by atoms with Gasteiger partial charge in [-0.2, -0.15) is 0 Å². The Bertz CT molecular complexity index is 1210. The van der Waals surface area contributed by atoms with Gasteiger partial charge in [-0.3, -0.25) is 14.5 Å². The summed E-state index contributed by atoms with van der Waals surface area (Å²) in [5, 5.41) is 14.8. The fraction of sp³-hybridized carbons (Fsp3) is 0.125. The van der Waals surface area contributed by atoms with Crippen LogP contribution in [0, 0.1) is 12.7 Å². The van der Waals surface area contributed by atoms with E-state index in [0.29, 0.717) is 23.7 Å². The van der Waals surface area contributed by atoms with Gasteiger partial charge in [0.15, 0.2) is 5.82 Å². The van der Waals surface area contributed by atoms with E-state index in [-0.39, 0.29) is 17.0 Å². The first-order chi connectivity index (χ1) is 15.4. The van der Waals surface area contributed by atoms with Crippen molar-refractivity contribution in [2.75, 3.05) is 11.5 Å². The van der Waals surface area contributed by atoms with E-state index in [1.54, 1.807) is 37.3 Å². The molecule has 1 aliphatic heterocycles. The highest BCUT2D eigenvalue weighted by atomic mass is 19.1. The molecule has 1 unspecified atom stereocenters. The maximum atomic E-state index is 13.4. The Morgan fingerprint density at radius 1 is 1.22 bits per heavy atom. The predicted molar refractivity (Wildman–Crippen MR) is 115 cm³/mol. The molecule has 4 rings (SSSR count). The fourth-order valence-corrected chi connectivity index (χ4v) is 3.52. The predicted octanol–water partition coefficient (Wildman–Crippen LogP) is 4.31. The number of hydrogen-bond acceptors (Lipinski definition) is 6. The summed E-state index contributed by atoms with van der Waals surface area (Å²) < 4.78 is 23.9. The third kappa shape index (κ3) is 3.78. The molecule has 2 aromatic carbocycles. The number of rotatable bonds is 6. The van der Waals surface area contributed by atoms with Crippen molar-refractivity contribution in [3.8, 4) is 5.75 Å². The van der Waals surface area contributed by atoms with Crippen LogP contribution in [0.15, 0.2) is 77.3 Å². The van der Waals surface area contributed by atoms with Crippen molar-refractivity contribution in [2.24, 2.45) is 0 Å². The minimum atomic E-state index is -0.974. The number of carbonyl (C=O) groups excluding carboxylic acids is 2. The summed E-state index contributed by atoms with van der Waals surface area (Å²) in [6.45, 7) is 5.58. The standard InChI is InChI=1S/C24H19FN2O5/c1-3-12-31-18-10-6-15(7-11-18)21-20(22(28)16-4-8-17(25)9-5-16)23(29)24(30)27(21)19-13-14(2)32-26-19/h3-11,13,21,28H,1,12H2,2H3/b22-20-. The Balaban J connectivity index is 1.86. The minimum absolute atomic E-state index is 0.137. The molecule has 3 aromatic rings. The Morgan fingerprint density at radius 2 is 1.91 bits per heavy atom. The normalized spacial score (nSPS) is 17.6. The lowest BCUT2D eigenvalue weighted by Crippen LogP contribution is -2.29. The second-order valence-electron chi connectivity index (χ2n) is 7.14. The lowest BCUT2D eigenvalue weighted by molar-refractivity contribution is -0.132. The van der Waals surface area contributed by atoms with E-state index in [1.165, 1.54) is 23.1 Å². The van der Waals surface area contributed by atoms with E-state index >= 15 is 0 Å². The van der Waals surface area contributed by atoms with Gasteiger partial charge in [0.2, 0.25) is 0 Å². The Kier molecular flexibility index (Phi) is 5.59. The first-order valence-electron chi connectivity index (χ1n) is 9.74. The maximum Gasteiger partial charge on any atom is 0.301 e. The van der Waals surface area contributed by atoms with E-state index in [9.17, 15) is 19.1 Å². The molecule has 0 saturated carbocycles. The number of anilines is 1. The van der Waals surface area contributed by atoms with E-state index in [1.807, 2.05) is 0 Å². The van der Waals surface area contributed by atoms with Crippen LogP contribution in [-0.2, 0) is 9.59 Å². The zero-order valence-corrected chi connectivity index (χ0v) is 17.1. The second kappa shape index (κ2) is 8.50. The van der Waals surface area contributed by atoms with Gasteiger partial charge in [0.25, 0.3) is 5.78 Å². The molecule has 0 aliphatic carbocycles. The number of Topliss-reactive ketones (excluding diaryl/α,β-unsaturated/α-hetero) is 1. The fourth-order valence-electron chi connectivity index (χ4n) is 3.52. The maximum absolute atomic E-state index is 13.4. The van der Waals surface area contributed by atoms with Crippen molar-refractivity contribution in [2.45, 2.75) is 13.0 Å². The van der Waals surface area contributed by atoms with Gasteiger partial charge in [0.1, 0.15) is 29.7 Å². The summed E-state index contributed by atoms with van der Waals surface area (Å²) in [7, 11) is 0. The van der Waals surface area contributed by atoms with Gasteiger partial charge in [0.05, 0.1) is 11.6 Å². The molecular weight excluding hydrogens is 415 g/mol. The van der Waals surface area contributed by atoms with Crippen LogP contribution in [0.4, 0.5) is 10.2 Å². The van der Waals surface area contributed by atoms with Gasteiger partial charge >= 0.3 is 5.91 Å². The highest BCUT2D eigenvalue weighted by Crippen LogP contribution is 2.42. The van der Waals surface area contributed by atoms with Gasteiger partial charge < -0.3 is 14.4 Å². The first kappa shape index (κ1) is 21.0. The number of ether oxygens (including phenoxy) is 1. The smallest absolute Gasteiger partial charge is 0.301 e. The van der Waals surface area contributed by atoms with Crippen LogP contribution < -0.4 is 9.64 Å². The van der Waals surface area contributed by atoms with Crippen LogP contribution in [0.25, 0.3) is 5.76 Å². The molecular formula is C24H19FN2O5. The molecule has 1 saturated heterocycles. The van der Waals surface area contributed by atoms with Gasteiger partial charge in [-0.05, 0) is 48.9 Å². The van der Waals surface area contributed by atoms with Crippen LogP contribution in [-0.4, -0.2) is 28.6 Å². The summed E-state index contributed by atoms with van der Waals surface area (Å²) in [6, 6.07) is 12.3.